The van der Waals surface area contributed by atoms with E-state index in [1.54, 1.807) is 10.7 Å². The van der Waals surface area contributed by atoms with E-state index < -0.39 is 10.0 Å². The summed E-state index contributed by atoms with van der Waals surface area (Å²) in [5.41, 5.74) is 0.877. The van der Waals surface area contributed by atoms with Crippen LogP contribution in [0.3, 0.4) is 0 Å². The first kappa shape index (κ1) is 14.5. The number of nitrogens with zero attached hydrogens (tertiary/aromatic N) is 3. The molecule has 0 aliphatic rings. The lowest BCUT2D eigenvalue weighted by molar-refractivity contribution is 0.580. The Morgan fingerprint density at radius 1 is 1.33 bits per heavy atom. The molecule has 3 rings (SSSR count). The van der Waals surface area contributed by atoms with Crippen LogP contribution >= 0.6 is 22.9 Å². The molecule has 0 radical (unpaired) electrons. The standard InChI is InChI=1S/C12H11ClN4O2S2/c1-8-7-17-12(15-8)20-11(16-17)6-14-21(18,19)10-4-2-9(13)3-5-10/h2-5,7,14H,6H2,1H3. The number of sulfonamides is 1. The minimum atomic E-state index is -3.58. The highest BCUT2D eigenvalue weighted by molar-refractivity contribution is 7.89. The summed E-state index contributed by atoms with van der Waals surface area (Å²) in [5, 5.41) is 5.41. The Balaban J connectivity index is 1.76. The van der Waals surface area contributed by atoms with Crippen LogP contribution in [0.5, 0.6) is 0 Å². The normalized spacial score (nSPS) is 12.1. The van der Waals surface area contributed by atoms with Crippen molar-refractivity contribution in [2.24, 2.45) is 0 Å². The molecule has 0 saturated carbocycles. The third kappa shape index (κ3) is 3.08. The zero-order valence-corrected chi connectivity index (χ0v) is 13.3. The van der Waals surface area contributed by atoms with Gasteiger partial charge in [0.25, 0.3) is 0 Å². The van der Waals surface area contributed by atoms with E-state index in [0.717, 1.165) is 10.7 Å². The number of fused-ring (bicyclic) bond motifs is 1. The van der Waals surface area contributed by atoms with Gasteiger partial charge in [-0.25, -0.2) is 22.6 Å². The number of hydrogen-bond donors (Lipinski definition) is 1. The van der Waals surface area contributed by atoms with Crippen LogP contribution in [-0.4, -0.2) is 23.0 Å². The van der Waals surface area contributed by atoms with Crippen molar-refractivity contribution >= 4 is 37.9 Å². The van der Waals surface area contributed by atoms with Crippen LogP contribution in [0, 0.1) is 6.92 Å². The highest BCUT2D eigenvalue weighted by Crippen LogP contribution is 2.17. The molecule has 110 valence electrons. The van der Waals surface area contributed by atoms with Crippen LogP contribution in [0.4, 0.5) is 0 Å². The molecule has 6 nitrogen and oxygen atoms in total. The van der Waals surface area contributed by atoms with Gasteiger partial charge in [-0.3, -0.25) is 0 Å². The fourth-order valence-corrected chi connectivity index (χ4v) is 3.84. The maximum absolute atomic E-state index is 12.1. The largest absolute Gasteiger partial charge is 0.240 e. The molecule has 0 bridgehead atoms. The first-order valence-electron chi connectivity index (χ1n) is 6.01. The molecule has 3 aromatic rings. The van der Waals surface area contributed by atoms with Gasteiger partial charge in [-0.15, -0.1) is 0 Å². The van der Waals surface area contributed by atoms with Crippen molar-refractivity contribution in [2.75, 3.05) is 0 Å². The number of imidazole rings is 1. The SMILES string of the molecule is Cc1cn2nc(CNS(=O)(=O)c3ccc(Cl)cc3)sc2n1. The van der Waals surface area contributed by atoms with E-state index in [4.69, 9.17) is 11.6 Å². The summed E-state index contributed by atoms with van der Waals surface area (Å²) in [6, 6.07) is 6.00. The fraction of sp³-hybridized carbons (Fsp3) is 0.167. The van der Waals surface area contributed by atoms with Crippen molar-refractivity contribution in [3.8, 4) is 0 Å². The molecule has 0 fully saturated rings. The highest BCUT2D eigenvalue weighted by atomic mass is 35.5. The molecule has 1 aromatic carbocycles. The molecule has 0 saturated heterocycles. The Morgan fingerprint density at radius 2 is 2.05 bits per heavy atom. The van der Waals surface area contributed by atoms with Crippen LogP contribution in [0.1, 0.15) is 10.7 Å². The fourth-order valence-electron chi connectivity index (χ4n) is 1.78. The van der Waals surface area contributed by atoms with Crippen molar-refractivity contribution < 1.29 is 8.42 Å². The zero-order chi connectivity index (χ0) is 15.0. The summed E-state index contributed by atoms with van der Waals surface area (Å²) in [6.45, 7) is 2.00. The number of aryl methyl sites for hydroxylation is 1. The maximum atomic E-state index is 12.1. The molecule has 0 aliphatic carbocycles. The Morgan fingerprint density at radius 3 is 2.71 bits per heavy atom. The van der Waals surface area contributed by atoms with E-state index in [-0.39, 0.29) is 11.4 Å². The summed E-state index contributed by atoms with van der Waals surface area (Å²) in [7, 11) is -3.58. The van der Waals surface area contributed by atoms with E-state index in [1.165, 1.54) is 35.6 Å². The molecule has 21 heavy (non-hydrogen) atoms. The van der Waals surface area contributed by atoms with Crippen LogP contribution in [0.15, 0.2) is 35.4 Å². The van der Waals surface area contributed by atoms with Gasteiger partial charge in [0.2, 0.25) is 15.0 Å². The van der Waals surface area contributed by atoms with Crippen molar-refractivity contribution in [2.45, 2.75) is 18.4 Å². The summed E-state index contributed by atoms with van der Waals surface area (Å²) in [4.78, 5) is 5.19. The number of rotatable bonds is 4. The number of benzene rings is 1. The predicted octanol–water partition coefficient (Wildman–Crippen LogP) is 2.23. The lowest BCUT2D eigenvalue weighted by Gasteiger charge is -2.04. The first-order valence-corrected chi connectivity index (χ1v) is 8.69. The first-order chi connectivity index (χ1) is 9.94. The lowest BCUT2D eigenvalue weighted by atomic mass is 10.4. The number of hydrogen-bond acceptors (Lipinski definition) is 5. The van der Waals surface area contributed by atoms with E-state index in [0.29, 0.717) is 10.0 Å². The Labute approximate surface area is 130 Å². The third-order valence-corrected chi connectivity index (χ3v) is 5.33. The zero-order valence-electron chi connectivity index (χ0n) is 10.9. The van der Waals surface area contributed by atoms with Crippen molar-refractivity contribution in [1.29, 1.82) is 0 Å². The van der Waals surface area contributed by atoms with Gasteiger partial charge in [0, 0.05) is 5.02 Å². The van der Waals surface area contributed by atoms with Gasteiger partial charge < -0.3 is 0 Å². The van der Waals surface area contributed by atoms with Crippen molar-refractivity contribution in [3.05, 3.63) is 46.2 Å². The topological polar surface area (TPSA) is 76.4 Å². The summed E-state index contributed by atoms with van der Waals surface area (Å²) in [6.07, 6.45) is 1.79. The maximum Gasteiger partial charge on any atom is 0.240 e. The van der Waals surface area contributed by atoms with E-state index in [9.17, 15) is 8.42 Å². The molecular formula is C12H11ClN4O2S2. The lowest BCUT2D eigenvalue weighted by Crippen LogP contribution is -2.23. The predicted molar refractivity (Wildman–Crippen MR) is 81.1 cm³/mol. The Hall–Kier alpha value is -1.48. The number of nitrogens with one attached hydrogen (secondary N) is 1. The number of aromatic nitrogens is 3. The Bertz CT molecular complexity index is 852. The van der Waals surface area contributed by atoms with Crippen LogP contribution in [-0.2, 0) is 16.6 Å². The van der Waals surface area contributed by atoms with Gasteiger partial charge in [0.1, 0.15) is 5.01 Å². The second-order valence-electron chi connectivity index (χ2n) is 4.38. The summed E-state index contributed by atoms with van der Waals surface area (Å²) in [5.74, 6) is 0. The molecule has 2 heterocycles. The molecule has 0 aliphatic heterocycles. The quantitative estimate of drug-likeness (QED) is 0.788. The molecule has 0 spiro atoms. The second-order valence-corrected chi connectivity index (χ2v) is 7.63. The van der Waals surface area contributed by atoms with Crippen LogP contribution < -0.4 is 4.72 Å². The average Bonchev–Trinajstić information content (AvgIpc) is 2.94. The van der Waals surface area contributed by atoms with Gasteiger partial charge in [-0.1, -0.05) is 22.9 Å². The van der Waals surface area contributed by atoms with Crippen molar-refractivity contribution in [1.82, 2.24) is 19.3 Å². The van der Waals surface area contributed by atoms with Crippen molar-refractivity contribution in [3.63, 3.8) is 0 Å². The second kappa shape index (κ2) is 5.38. The summed E-state index contributed by atoms with van der Waals surface area (Å²) >= 11 is 7.10. The molecule has 0 unspecified atom stereocenters. The highest BCUT2D eigenvalue weighted by Gasteiger charge is 2.15. The molecule has 0 atom stereocenters. The van der Waals surface area contributed by atoms with E-state index in [1.807, 2.05) is 6.92 Å². The minimum absolute atomic E-state index is 0.123. The third-order valence-electron chi connectivity index (χ3n) is 2.74. The summed E-state index contributed by atoms with van der Waals surface area (Å²) < 4.78 is 28.4. The molecule has 0 amide bonds. The minimum Gasteiger partial charge on any atom is -0.223 e. The Kier molecular flexibility index (Phi) is 3.70. The van der Waals surface area contributed by atoms with E-state index >= 15 is 0 Å². The number of halogens is 1. The van der Waals surface area contributed by atoms with Crippen LogP contribution in [0.25, 0.3) is 4.96 Å². The van der Waals surface area contributed by atoms with Gasteiger partial charge in [0.15, 0.2) is 0 Å². The smallest absolute Gasteiger partial charge is 0.223 e. The van der Waals surface area contributed by atoms with E-state index in [2.05, 4.69) is 14.8 Å². The molecule has 9 heteroatoms. The monoisotopic (exact) mass is 342 g/mol. The van der Waals surface area contributed by atoms with Gasteiger partial charge >= 0.3 is 0 Å². The van der Waals surface area contributed by atoms with Crippen LogP contribution in [0.2, 0.25) is 5.02 Å². The van der Waals surface area contributed by atoms with Gasteiger partial charge in [0.05, 0.1) is 23.3 Å². The molecule has 1 N–H and O–H groups in total. The molecular weight excluding hydrogens is 332 g/mol. The van der Waals surface area contributed by atoms with Gasteiger partial charge in [-0.2, -0.15) is 5.10 Å². The average molecular weight is 343 g/mol. The molecule has 2 aromatic heterocycles. The van der Waals surface area contributed by atoms with Gasteiger partial charge in [-0.05, 0) is 31.2 Å².